The van der Waals surface area contributed by atoms with Crippen molar-refractivity contribution in [3.05, 3.63) is 47.5 Å². The molecule has 71 valence electrons. The van der Waals surface area contributed by atoms with E-state index < -0.39 is 23.3 Å². The smallest absolute Gasteiger partial charge is 0.195 e. The molecule has 14 heavy (non-hydrogen) atoms. The first-order valence-corrected chi connectivity index (χ1v) is 3.74. The summed E-state index contributed by atoms with van der Waals surface area (Å²) < 4.78 is 51.4. The molecular weight excluding hydrogens is 196 g/mol. The second kappa shape index (κ2) is 2.97. The molecule has 0 nitrogen and oxygen atoms in total. The molecule has 0 N–H and O–H groups in total. The summed E-state index contributed by atoms with van der Waals surface area (Å²) in [6.07, 6.45) is 0. The van der Waals surface area contributed by atoms with Gasteiger partial charge in [0.25, 0.3) is 0 Å². The third-order valence-electron chi connectivity index (χ3n) is 1.88. The minimum atomic E-state index is -1.61. The molecule has 2 aromatic rings. The van der Waals surface area contributed by atoms with Crippen LogP contribution in [0.2, 0.25) is 0 Å². The van der Waals surface area contributed by atoms with Crippen LogP contribution in [0.3, 0.4) is 0 Å². The molecule has 0 aliphatic heterocycles. The van der Waals surface area contributed by atoms with Crippen LogP contribution in [0.4, 0.5) is 17.6 Å². The van der Waals surface area contributed by atoms with Crippen molar-refractivity contribution in [3.63, 3.8) is 0 Å². The van der Waals surface area contributed by atoms with Gasteiger partial charge in [-0.2, -0.15) is 0 Å². The maximum atomic E-state index is 13.0. The van der Waals surface area contributed by atoms with Crippen LogP contribution in [-0.4, -0.2) is 0 Å². The van der Waals surface area contributed by atoms with E-state index in [4.69, 9.17) is 0 Å². The van der Waals surface area contributed by atoms with Crippen molar-refractivity contribution in [1.82, 2.24) is 0 Å². The van der Waals surface area contributed by atoms with E-state index in [1.165, 1.54) is 0 Å². The number of hydrogen-bond acceptors (Lipinski definition) is 0. The molecule has 0 saturated carbocycles. The van der Waals surface area contributed by atoms with Crippen molar-refractivity contribution in [2.45, 2.75) is 0 Å². The van der Waals surface area contributed by atoms with Crippen molar-refractivity contribution in [1.29, 1.82) is 0 Å². The average molecular weight is 199 g/mol. The Labute approximate surface area is 76.8 Å². The first kappa shape index (κ1) is 8.99. The molecule has 0 aliphatic carbocycles. The second-order valence-electron chi connectivity index (χ2n) is 2.73. The van der Waals surface area contributed by atoms with Gasteiger partial charge < -0.3 is 0 Å². The third kappa shape index (κ3) is 1.14. The highest BCUT2D eigenvalue weighted by Crippen LogP contribution is 2.24. The van der Waals surface area contributed by atoms with E-state index >= 15 is 0 Å². The van der Waals surface area contributed by atoms with Gasteiger partial charge in [0.2, 0.25) is 0 Å². The summed E-state index contributed by atoms with van der Waals surface area (Å²) in [5, 5.41) is -0.701. The zero-order valence-corrected chi connectivity index (χ0v) is 6.74. The molecule has 0 fully saturated rings. The number of halogens is 4. The van der Waals surface area contributed by atoms with E-state index in [1.807, 2.05) is 0 Å². The summed E-state index contributed by atoms with van der Waals surface area (Å²) in [6, 6.07) is 5.03. The largest absolute Gasteiger partial charge is 0.206 e. The first-order chi connectivity index (χ1) is 6.61. The molecule has 0 saturated heterocycles. The van der Waals surface area contributed by atoms with Crippen LogP contribution in [-0.2, 0) is 0 Å². The molecule has 1 radical (unpaired) electrons. The molecule has 0 amide bonds. The standard InChI is InChI=1S/C10H3F4/c11-7-3-1-2-5-6(7)4-8(12)10(14)9(5)13/h1,3-4H. The van der Waals surface area contributed by atoms with Crippen LogP contribution in [0, 0.1) is 29.3 Å². The van der Waals surface area contributed by atoms with E-state index in [1.54, 1.807) is 0 Å². The normalized spacial score (nSPS) is 10.9. The molecule has 0 unspecified atom stereocenters. The van der Waals surface area contributed by atoms with Gasteiger partial charge in [-0.1, -0.05) is 6.07 Å². The lowest BCUT2D eigenvalue weighted by molar-refractivity contribution is 0.453. The molecule has 2 aromatic carbocycles. The molecular formula is C10H3F4. The predicted octanol–water partition coefficient (Wildman–Crippen LogP) is 3.20. The lowest BCUT2D eigenvalue weighted by Crippen LogP contribution is -1.93. The fraction of sp³-hybridized carbons (Fsp3) is 0. The van der Waals surface area contributed by atoms with Crippen LogP contribution >= 0.6 is 0 Å². The number of benzene rings is 2. The highest BCUT2D eigenvalue weighted by Gasteiger charge is 2.15. The molecule has 4 heteroatoms. The summed E-state index contributed by atoms with van der Waals surface area (Å²) >= 11 is 0. The van der Waals surface area contributed by atoms with Gasteiger partial charge >= 0.3 is 0 Å². The highest BCUT2D eigenvalue weighted by molar-refractivity contribution is 5.83. The van der Waals surface area contributed by atoms with Gasteiger partial charge in [-0.15, -0.1) is 0 Å². The van der Waals surface area contributed by atoms with E-state index in [0.29, 0.717) is 6.07 Å². The number of fused-ring (bicyclic) bond motifs is 1. The van der Waals surface area contributed by atoms with Crippen molar-refractivity contribution in [2.24, 2.45) is 0 Å². The van der Waals surface area contributed by atoms with Gasteiger partial charge in [0, 0.05) is 10.8 Å². The quantitative estimate of drug-likeness (QED) is 0.451. The highest BCUT2D eigenvalue weighted by atomic mass is 19.2. The molecule has 0 aliphatic rings. The summed E-state index contributed by atoms with van der Waals surface area (Å²) in [7, 11) is 0. The number of hydrogen-bond donors (Lipinski definition) is 0. The third-order valence-corrected chi connectivity index (χ3v) is 1.88. The SMILES string of the molecule is Fc1cc2c(F)cc[c]c2c(F)c1F. The van der Waals surface area contributed by atoms with Crippen molar-refractivity contribution >= 4 is 10.8 Å². The Hall–Kier alpha value is -1.58. The second-order valence-corrected chi connectivity index (χ2v) is 2.73. The Bertz CT molecular complexity index is 505. The summed E-state index contributed by atoms with van der Waals surface area (Å²) in [6.45, 7) is 0. The van der Waals surface area contributed by atoms with Crippen LogP contribution in [0.1, 0.15) is 0 Å². The maximum absolute atomic E-state index is 13.0. The zero-order valence-electron chi connectivity index (χ0n) is 6.74. The lowest BCUT2D eigenvalue weighted by Gasteiger charge is -2.01. The Morgan fingerprint density at radius 1 is 0.929 bits per heavy atom. The Morgan fingerprint density at radius 3 is 2.36 bits per heavy atom. The minimum Gasteiger partial charge on any atom is -0.206 e. The minimum absolute atomic E-state index is 0.316. The van der Waals surface area contributed by atoms with Gasteiger partial charge in [0.1, 0.15) is 5.82 Å². The Kier molecular flexibility index (Phi) is 1.91. The van der Waals surface area contributed by atoms with Gasteiger partial charge in [-0.3, -0.25) is 0 Å². The van der Waals surface area contributed by atoms with E-state index in [2.05, 4.69) is 6.07 Å². The van der Waals surface area contributed by atoms with Crippen molar-refractivity contribution in [3.8, 4) is 0 Å². The topological polar surface area (TPSA) is 0 Å². The van der Waals surface area contributed by atoms with Crippen LogP contribution in [0.15, 0.2) is 18.2 Å². The summed E-state index contributed by atoms with van der Waals surface area (Å²) in [5.41, 5.74) is 0. The lowest BCUT2D eigenvalue weighted by atomic mass is 10.1. The van der Waals surface area contributed by atoms with Crippen molar-refractivity contribution in [2.75, 3.05) is 0 Å². The van der Waals surface area contributed by atoms with Gasteiger partial charge in [0.05, 0.1) is 0 Å². The molecule has 0 heterocycles. The Morgan fingerprint density at radius 2 is 1.64 bits per heavy atom. The van der Waals surface area contributed by atoms with Crippen LogP contribution < -0.4 is 0 Å². The van der Waals surface area contributed by atoms with Crippen LogP contribution in [0.5, 0.6) is 0 Å². The fourth-order valence-corrected chi connectivity index (χ4v) is 1.21. The van der Waals surface area contributed by atoms with Crippen molar-refractivity contribution < 1.29 is 17.6 Å². The fourth-order valence-electron chi connectivity index (χ4n) is 1.21. The zero-order chi connectivity index (χ0) is 10.3. The maximum Gasteiger partial charge on any atom is 0.195 e. The molecule has 0 atom stereocenters. The molecule has 0 aromatic heterocycles. The van der Waals surface area contributed by atoms with Gasteiger partial charge in [0.15, 0.2) is 17.5 Å². The summed E-state index contributed by atoms with van der Waals surface area (Å²) in [5.74, 6) is -5.25. The molecule has 0 bridgehead atoms. The van der Waals surface area contributed by atoms with E-state index in [9.17, 15) is 17.6 Å². The molecule has 2 rings (SSSR count). The number of rotatable bonds is 0. The van der Waals surface area contributed by atoms with E-state index in [0.717, 1.165) is 12.1 Å². The predicted molar refractivity (Wildman–Crippen MR) is 42.6 cm³/mol. The van der Waals surface area contributed by atoms with Gasteiger partial charge in [-0.05, 0) is 18.2 Å². The summed E-state index contributed by atoms with van der Waals surface area (Å²) in [4.78, 5) is 0. The monoisotopic (exact) mass is 199 g/mol. The Balaban J connectivity index is 2.98. The van der Waals surface area contributed by atoms with Crippen LogP contribution in [0.25, 0.3) is 10.8 Å². The average Bonchev–Trinajstić information content (AvgIpc) is 2.17. The van der Waals surface area contributed by atoms with Gasteiger partial charge in [-0.25, -0.2) is 17.6 Å². The first-order valence-electron chi connectivity index (χ1n) is 3.74. The molecule has 0 spiro atoms. The van der Waals surface area contributed by atoms with E-state index in [-0.39, 0.29) is 10.8 Å².